The number of methoxy groups -OCH3 is 1. The van der Waals surface area contributed by atoms with E-state index in [9.17, 15) is 0 Å². The molecule has 0 saturated heterocycles. The summed E-state index contributed by atoms with van der Waals surface area (Å²) in [6, 6.07) is 4.16. The minimum absolute atomic E-state index is 0.200. The third kappa shape index (κ3) is 5.82. The van der Waals surface area contributed by atoms with Crippen molar-refractivity contribution in [3.63, 3.8) is 0 Å². The molecule has 1 aromatic rings. The van der Waals surface area contributed by atoms with Crippen LogP contribution in [0.4, 0.5) is 0 Å². The molecule has 0 radical (unpaired) electrons. The topological polar surface area (TPSA) is 47.3 Å². The molecule has 0 aliphatic heterocycles. The molecule has 3 nitrogen and oxygen atoms in total. The highest BCUT2D eigenvalue weighted by Crippen LogP contribution is 2.20. The average molecular weight is 263 g/mol. The van der Waals surface area contributed by atoms with Gasteiger partial charge in [-0.1, -0.05) is 11.6 Å². The van der Waals surface area contributed by atoms with Gasteiger partial charge in [0.15, 0.2) is 0 Å². The van der Waals surface area contributed by atoms with E-state index >= 15 is 0 Å². The monoisotopic (exact) mass is 262 g/mol. The summed E-state index contributed by atoms with van der Waals surface area (Å²) in [6.45, 7) is 2.46. The van der Waals surface area contributed by atoms with Gasteiger partial charge < -0.3 is 15.8 Å². The van der Waals surface area contributed by atoms with Crippen LogP contribution in [-0.4, -0.2) is 26.3 Å². The number of ether oxygens (including phenoxy) is 1. The van der Waals surface area contributed by atoms with E-state index in [1.165, 1.54) is 4.88 Å². The van der Waals surface area contributed by atoms with E-state index in [1.54, 1.807) is 18.4 Å². The Kier molecular flexibility index (Phi) is 7.00. The number of nitrogens with one attached hydrogen (secondary N) is 1. The molecule has 0 spiro atoms. The second-order valence-corrected chi connectivity index (χ2v) is 5.53. The first-order valence-corrected chi connectivity index (χ1v) is 6.61. The predicted octanol–water partition coefficient (Wildman–Crippen LogP) is 2.25. The first-order chi connectivity index (χ1) is 7.72. The fourth-order valence-electron chi connectivity index (χ4n) is 1.42. The highest BCUT2D eigenvalue weighted by atomic mass is 35.5. The smallest absolute Gasteiger partial charge is 0.0931 e. The molecule has 0 fully saturated rings. The van der Waals surface area contributed by atoms with Crippen LogP contribution in [0.1, 0.15) is 17.7 Å². The molecule has 0 aromatic carbocycles. The Morgan fingerprint density at radius 1 is 1.56 bits per heavy atom. The molecule has 1 heterocycles. The second-order valence-electron chi connectivity index (χ2n) is 3.73. The number of hydrogen-bond acceptors (Lipinski definition) is 4. The second kappa shape index (κ2) is 8.03. The zero-order valence-electron chi connectivity index (χ0n) is 9.54. The highest BCUT2D eigenvalue weighted by Gasteiger charge is 2.02. The lowest BCUT2D eigenvalue weighted by atomic mass is 10.2. The number of rotatable bonds is 8. The van der Waals surface area contributed by atoms with E-state index in [0.29, 0.717) is 0 Å². The van der Waals surface area contributed by atoms with Gasteiger partial charge in [-0.05, 0) is 25.0 Å². The van der Waals surface area contributed by atoms with Crippen molar-refractivity contribution in [3.05, 3.63) is 21.3 Å². The normalized spacial score (nSPS) is 12.9. The number of halogens is 1. The fourth-order valence-corrected chi connectivity index (χ4v) is 2.48. The van der Waals surface area contributed by atoms with Crippen molar-refractivity contribution < 1.29 is 4.74 Å². The molecular formula is C11H19ClN2OS. The van der Waals surface area contributed by atoms with Crippen molar-refractivity contribution in [2.24, 2.45) is 5.73 Å². The summed E-state index contributed by atoms with van der Waals surface area (Å²) in [5.41, 5.74) is 5.94. The molecule has 16 heavy (non-hydrogen) atoms. The molecular weight excluding hydrogens is 244 g/mol. The molecule has 1 rings (SSSR count). The Morgan fingerprint density at radius 3 is 3.00 bits per heavy atom. The lowest BCUT2D eigenvalue weighted by Crippen LogP contribution is -2.33. The van der Waals surface area contributed by atoms with E-state index in [1.807, 2.05) is 12.1 Å². The SMILES string of the molecule is COCCCC(N)CNCc1ccc(Cl)s1. The zero-order valence-corrected chi connectivity index (χ0v) is 11.1. The first kappa shape index (κ1) is 13.9. The summed E-state index contributed by atoms with van der Waals surface area (Å²) in [6.07, 6.45) is 2.01. The summed E-state index contributed by atoms with van der Waals surface area (Å²) in [5.74, 6) is 0. The summed E-state index contributed by atoms with van der Waals surface area (Å²) >= 11 is 7.44. The van der Waals surface area contributed by atoms with Gasteiger partial charge in [0.1, 0.15) is 0 Å². The molecule has 0 amide bonds. The van der Waals surface area contributed by atoms with Gasteiger partial charge in [0, 0.05) is 37.7 Å². The standard InChI is InChI=1S/C11H19ClN2OS/c1-15-6-2-3-9(13)7-14-8-10-4-5-11(12)16-10/h4-5,9,14H,2-3,6-8,13H2,1H3. The largest absolute Gasteiger partial charge is 0.385 e. The van der Waals surface area contributed by atoms with Crippen LogP contribution in [-0.2, 0) is 11.3 Å². The minimum atomic E-state index is 0.200. The van der Waals surface area contributed by atoms with Gasteiger partial charge in [0.05, 0.1) is 4.34 Å². The number of thiophene rings is 1. The Bertz CT molecular complexity index is 293. The molecule has 0 bridgehead atoms. The molecule has 1 aromatic heterocycles. The Balaban J connectivity index is 2.06. The predicted molar refractivity (Wildman–Crippen MR) is 70.1 cm³/mol. The molecule has 0 saturated carbocycles. The summed E-state index contributed by atoms with van der Waals surface area (Å²) in [7, 11) is 1.71. The van der Waals surface area contributed by atoms with E-state index in [-0.39, 0.29) is 6.04 Å². The van der Waals surface area contributed by atoms with Gasteiger partial charge >= 0.3 is 0 Å². The molecule has 5 heteroatoms. The molecule has 3 N–H and O–H groups in total. The van der Waals surface area contributed by atoms with Crippen LogP contribution in [0.15, 0.2) is 12.1 Å². The fraction of sp³-hybridized carbons (Fsp3) is 0.636. The van der Waals surface area contributed by atoms with Crippen molar-refractivity contribution in [2.45, 2.75) is 25.4 Å². The minimum Gasteiger partial charge on any atom is -0.385 e. The lowest BCUT2D eigenvalue weighted by molar-refractivity contribution is 0.190. The van der Waals surface area contributed by atoms with E-state index < -0.39 is 0 Å². The van der Waals surface area contributed by atoms with Crippen LogP contribution in [0.25, 0.3) is 0 Å². The van der Waals surface area contributed by atoms with Gasteiger partial charge in [-0.15, -0.1) is 11.3 Å². The van der Waals surface area contributed by atoms with Crippen LogP contribution >= 0.6 is 22.9 Å². The van der Waals surface area contributed by atoms with Crippen LogP contribution in [0.3, 0.4) is 0 Å². The maximum absolute atomic E-state index is 5.94. The summed E-state index contributed by atoms with van der Waals surface area (Å²) in [4.78, 5) is 1.24. The van der Waals surface area contributed by atoms with Crippen LogP contribution < -0.4 is 11.1 Å². The van der Waals surface area contributed by atoms with E-state index in [0.717, 1.165) is 36.9 Å². The van der Waals surface area contributed by atoms with Gasteiger partial charge in [0.25, 0.3) is 0 Å². The van der Waals surface area contributed by atoms with Crippen molar-refractivity contribution >= 4 is 22.9 Å². The van der Waals surface area contributed by atoms with E-state index in [2.05, 4.69) is 5.32 Å². The molecule has 0 aliphatic carbocycles. The lowest BCUT2D eigenvalue weighted by Gasteiger charge is -2.11. The van der Waals surface area contributed by atoms with E-state index in [4.69, 9.17) is 22.1 Å². The third-order valence-electron chi connectivity index (χ3n) is 2.26. The van der Waals surface area contributed by atoms with Crippen LogP contribution in [0, 0.1) is 0 Å². The van der Waals surface area contributed by atoms with Crippen molar-refractivity contribution in [2.75, 3.05) is 20.3 Å². The zero-order chi connectivity index (χ0) is 11.8. The Hall–Kier alpha value is -0.130. The van der Waals surface area contributed by atoms with Gasteiger partial charge in [-0.25, -0.2) is 0 Å². The molecule has 1 atom stereocenters. The molecule has 92 valence electrons. The van der Waals surface area contributed by atoms with Gasteiger partial charge in [-0.2, -0.15) is 0 Å². The maximum atomic E-state index is 5.94. The maximum Gasteiger partial charge on any atom is 0.0931 e. The molecule has 0 aliphatic rings. The first-order valence-electron chi connectivity index (χ1n) is 5.42. The Labute approximate surface area is 106 Å². The summed E-state index contributed by atoms with van der Waals surface area (Å²) < 4.78 is 5.81. The van der Waals surface area contributed by atoms with Crippen molar-refractivity contribution in [1.29, 1.82) is 0 Å². The summed E-state index contributed by atoms with van der Waals surface area (Å²) in [5, 5.41) is 3.33. The van der Waals surface area contributed by atoms with Gasteiger partial charge in [0.2, 0.25) is 0 Å². The quantitative estimate of drug-likeness (QED) is 0.707. The van der Waals surface area contributed by atoms with Crippen molar-refractivity contribution in [1.82, 2.24) is 5.32 Å². The highest BCUT2D eigenvalue weighted by molar-refractivity contribution is 7.16. The van der Waals surface area contributed by atoms with Crippen LogP contribution in [0.2, 0.25) is 4.34 Å². The molecule has 1 unspecified atom stereocenters. The number of hydrogen-bond donors (Lipinski definition) is 2. The van der Waals surface area contributed by atoms with Gasteiger partial charge in [-0.3, -0.25) is 0 Å². The third-order valence-corrected chi connectivity index (χ3v) is 3.49. The van der Waals surface area contributed by atoms with Crippen LogP contribution in [0.5, 0.6) is 0 Å². The Morgan fingerprint density at radius 2 is 2.38 bits per heavy atom. The van der Waals surface area contributed by atoms with Crippen molar-refractivity contribution in [3.8, 4) is 0 Å². The average Bonchev–Trinajstić information content (AvgIpc) is 2.65. The number of nitrogens with two attached hydrogens (primary N) is 1.